The van der Waals surface area contributed by atoms with Crippen molar-refractivity contribution < 1.29 is 0 Å². The number of benzene rings is 1. The van der Waals surface area contributed by atoms with Gasteiger partial charge in [-0.1, -0.05) is 35.3 Å². The van der Waals surface area contributed by atoms with Crippen LogP contribution in [0.2, 0.25) is 10.0 Å². The van der Waals surface area contributed by atoms with Gasteiger partial charge in [0.25, 0.3) is 0 Å². The first-order valence-electron chi connectivity index (χ1n) is 5.43. The molecule has 18 heavy (non-hydrogen) atoms. The molecule has 0 aliphatic rings. The van der Waals surface area contributed by atoms with Gasteiger partial charge in [0.2, 0.25) is 0 Å². The Morgan fingerprint density at radius 2 is 2.06 bits per heavy atom. The molecule has 0 fully saturated rings. The molecule has 1 aromatic heterocycles. The van der Waals surface area contributed by atoms with Gasteiger partial charge in [0.05, 0.1) is 16.9 Å². The van der Waals surface area contributed by atoms with Crippen LogP contribution >= 0.6 is 23.2 Å². The Balaban J connectivity index is 2.19. The first-order chi connectivity index (χ1) is 8.56. The van der Waals surface area contributed by atoms with Crippen molar-refractivity contribution in [2.75, 3.05) is 17.7 Å². The zero-order chi connectivity index (χ0) is 13.1. The molecule has 5 heteroatoms. The van der Waals surface area contributed by atoms with E-state index in [1.807, 2.05) is 36.2 Å². The summed E-state index contributed by atoms with van der Waals surface area (Å²) < 4.78 is 0. The van der Waals surface area contributed by atoms with Crippen LogP contribution in [0.5, 0.6) is 0 Å². The van der Waals surface area contributed by atoms with Crippen LogP contribution in [0, 0.1) is 0 Å². The Morgan fingerprint density at radius 3 is 2.72 bits per heavy atom. The van der Waals surface area contributed by atoms with Gasteiger partial charge in [0.1, 0.15) is 5.82 Å². The molecule has 1 aromatic carbocycles. The van der Waals surface area contributed by atoms with E-state index in [0.717, 1.165) is 10.6 Å². The van der Waals surface area contributed by atoms with Crippen LogP contribution in [0.4, 0.5) is 11.5 Å². The minimum Gasteiger partial charge on any atom is -0.397 e. The Morgan fingerprint density at radius 1 is 1.28 bits per heavy atom. The smallest absolute Gasteiger partial charge is 0.147 e. The number of aromatic nitrogens is 1. The molecule has 2 rings (SSSR count). The van der Waals surface area contributed by atoms with Crippen molar-refractivity contribution in [3.05, 3.63) is 52.1 Å². The van der Waals surface area contributed by atoms with Crippen LogP contribution in [0.15, 0.2) is 36.5 Å². The van der Waals surface area contributed by atoms with Gasteiger partial charge < -0.3 is 10.6 Å². The summed E-state index contributed by atoms with van der Waals surface area (Å²) in [5.74, 6) is 0.700. The lowest BCUT2D eigenvalue weighted by Crippen LogP contribution is -2.18. The summed E-state index contributed by atoms with van der Waals surface area (Å²) >= 11 is 12.1. The molecule has 0 aliphatic carbocycles. The number of hydrogen-bond acceptors (Lipinski definition) is 3. The van der Waals surface area contributed by atoms with Crippen LogP contribution in [-0.4, -0.2) is 12.0 Å². The van der Waals surface area contributed by atoms with E-state index in [1.165, 1.54) is 0 Å². The molecule has 0 spiro atoms. The number of anilines is 2. The second kappa shape index (κ2) is 5.46. The first kappa shape index (κ1) is 13.0. The van der Waals surface area contributed by atoms with Crippen LogP contribution in [0.3, 0.4) is 0 Å². The predicted octanol–water partition coefficient (Wildman–Crippen LogP) is 3.61. The number of pyridine rings is 1. The lowest BCUT2D eigenvalue weighted by atomic mass is 10.2. The highest BCUT2D eigenvalue weighted by Gasteiger charge is 2.08. The molecule has 3 nitrogen and oxygen atoms in total. The van der Waals surface area contributed by atoms with Crippen molar-refractivity contribution in [1.82, 2.24) is 4.98 Å². The summed E-state index contributed by atoms with van der Waals surface area (Å²) in [4.78, 5) is 6.18. The molecule has 0 atom stereocenters. The maximum atomic E-state index is 6.11. The highest BCUT2D eigenvalue weighted by Crippen LogP contribution is 2.25. The van der Waals surface area contributed by atoms with Gasteiger partial charge in [-0.25, -0.2) is 4.98 Å². The molecule has 2 aromatic rings. The van der Waals surface area contributed by atoms with E-state index in [1.54, 1.807) is 12.3 Å². The van der Waals surface area contributed by atoms with E-state index >= 15 is 0 Å². The molecule has 1 heterocycles. The molecule has 0 saturated carbocycles. The van der Waals surface area contributed by atoms with E-state index < -0.39 is 0 Å². The molecule has 0 radical (unpaired) electrons. The average molecular weight is 282 g/mol. The maximum Gasteiger partial charge on any atom is 0.147 e. The summed E-state index contributed by atoms with van der Waals surface area (Å²) in [6.45, 7) is 0.678. The number of halogens is 2. The Kier molecular flexibility index (Phi) is 3.94. The van der Waals surface area contributed by atoms with Crippen molar-refractivity contribution in [2.24, 2.45) is 0 Å². The van der Waals surface area contributed by atoms with E-state index in [-0.39, 0.29) is 0 Å². The summed E-state index contributed by atoms with van der Waals surface area (Å²) in [6.07, 6.45) is 1.59. The molecule has 0 amide bonds. The number of rotatable bonds is 3. The van der Waals surface area contributed by atoms with Gasteiger partial charge in [-0.2, -0.15) is 0 Å². The molecule has 94 valence electrons. The van der Waals surface area contributed by atoms with Crippen molar-refractivity contribution >= 4 is 34.7 Å². The van der Waals surface area contributed by atoms with Crippen LogP contribution in [0.1, 0.15) is 5.56 Å². The lowest BCUT2D eigenvalue weighted by Gasteiger charge is -2.19. The van der Waals surface area contributed by atoms with Crippen molar-refractivity contribution in [3.63, 3.8) is 0 Å². The fraction of sp³-hybridized carbons (Fsp3) is 0.154. The minimum absolute atomic E-state index is 0.541. The normalized spacial score (nSPS) is 10.4. The minimum atomic E-state index is 0.541. The standard InChI is InChI=1S/C13H13Cl2N3/c1-18(8-9-3-2-4-10(14)5-9)13-12(15)6-11(16)7-17-13/h2-7H,8,16H2,1H3. The predicted molar refractivity (Wildman–Crippen MR) is 77.2 cm³/mol. The van der Waals surface area contributed by atoms with Crippen molar-refractivity contribution in [2.45, 2.75) is 6.54 Å². The number of nitrogen functional groups attached to an aromatic ring is 1. The molecular formula is C13H13Cl2N3. The Hall–Kier alpha value is -1.45. The average Bonchev–Trinajstić information content (AvgIpc) is 2.28. The second-order valence-electron chi connectivity index (χ2n) is 4.06. The third-order valence-electron chi connectivity index (χ3n) is 2.51. The van der Waals surface area contributed by atoms with Crippen LogP contribution < -0.4 is 10.6 Å². The topological polar surface area (TPSA) is 42.2 Å². The van der Waals surface area contributed by atoms with Gasteiger partial charge >= 0.3 is 0 Å². The Bertz CT molecular complexity index is 558. The maximum absolute atomic E-state index is 6.11. The van der Waals surface area contributed by atoms with Crippen molar-refractivity contribution in [3.8, 4) is 0 Å². The summed E-state index contributed by atoms with van der Waals surface area (Å²) in [5.41, 5.74) is 7.27. The fourth-order valence-electron chi connectivity index (χ4n) is 1.71. The molecule has 0 unspecified atom stereocenters. The zero-order valence-corrected chi connectivity index (χ0v) is 11.4. The highest BCUT2D eigenvalue weighted by atomic mass is 35.5. The Labute approximate surface area is 116 Å². The zero-order valence-electron chi connectivity index (χ0n) is 9.90. The van der Waals surface area contributed by atoms with Gasteiger partial charge in [0, 0.05) is 18.6 Å². The molecule has 0 bridgehead atoms. The van der Waals surface area contributed by atoms with E-state index in [4.69, 9.17) is 28.9 Å². The first-order valence-corrected chi connectivity index (χ1v) is 6.18. The molecule has 0 saturated heterocycles. The summed E-state index contributed by atoms with van der Waals surface area (Å²) in [7, 11) is 1.92. The summed E-state index contributed by atoms with van der Waals surface area (Å²) in [5, 5.41) is 1.26. The third-order valence-corrected chi connectivity index (χ3v) is 3.03. The molecular weight excluding hydrogens is 269 g/mol. The van der Waals surface area contributed by atoms with Gasteiger partial charge in [0.15, 0.2) is 0 Å². The fourth-order valence-corrected chi connectivity index (χ4v) is 2.24. The number of nitrogens with two attached hydrogens (primary N) is 1. The quantitative estimate of drug-likeness (QED) is 0.935. The second-order valence-corrected chi connectivity index (χ2v) is 4.90. The number of hydrogen-bond donors (Lipinski definition) is 1. The third kappa shape index (κ3) is 3.06. The number of nitrogens with zero attached hydrogens (tertiary/aromatic N) is 2. The van der Waals surface area contributed by atoms with E-state index in [0.29, 0.717) is 23.1 Å². The summed E-state index contributed by atoms with van der Waals surface area (Å²) in [6, 6.07) is 9.39. The monoisotopic (exact) mass is 281 g/mol. The van der Waals surface area contributed by atoms with Crippen LogP contribution in [-0.2, 0) is 6.54 Å². The van der Waals surface area contributed by atoms with Crippen LogP contribution in [0.25, 0.3) is 0 Å². The van der Waals surface area contributed by atoms with Gasteiger partial charge in [-0.05, 0) is 23.8 Å². The highest BCUT2D eigenvalue weighted by molar-refractivity contribution is 6.33. The lowest BCUT2D eigenvalue weighted by molar-refractivity contribution is 0.899. The van der Waals surface area contributed by atoms with Gasteiger partial charge in [-0.15, -0.1) is 0 Å². The van der Waals surface area contributed by atoms with E-state index in [9.17, 15) is 0 Å². The largest absolute Gasteiger partial charge is 0.397 e. The van der Waals surface area contributed by atoms with Crippen molar-refractivity contribution in [1.29, 1.82) is 0 Å². The van der Waals surface area contributed by atoms with Gasteiger partial charge in [-0.3, -0.25) is 0 Å². The van der Waals surface area contributed by atoms with E-state index in [2.05, 4.69) is 4.98 Å². The molecule has 2 N–H and O–H groups in total. The molecule has 0 aliphatic heterocycles. The SMILES string of the molecule is CN(Cc1cccc(Cl)c1)c1ncc(N)cc1Cl.